The standard InChI is InChI=1S/C13H17N3O.C10H11ClF2O.C5H8.C3H8.C2H6/c1-8(2)11(5-14)10-4-9(3)13(16-6-10)12(15)7-17;1-2-3-7-6-8(11)4-5-9(7)14-10(12)13;1-3-5-4-2;1-3-2;1-2/h4-6,14-15,17H,7H2,1-3H3;4-6,10H,2-3H2,1H3;3-5H,1H2,2H3;3H2,1-2H3;1-2H3/b;;5-4-;;. The van der Waals surface area contributed by atoms with Crippen molar-refractivity contribution in [3.05, 3.63) is 88.2 Å². The fourth-order valence-corrected chi connectivity index (χ4v) is 3.18. The number of aryl methyl sites for hydroxylation is 2. The van der Waals surface area contributed by atoms with Crippen molar-refractivity contribution in [1.29, 1.82) is 10.8 Å². The smallest absolute Gasteiger partial charge is 0.387 e. The molecule has 0 fully saturated rings. The number of benzene rings is 1. The lowest BCUT2D eigenvalue weighted by Gasteiger charge is -2.09. The molecule has 0 radical (unpaired) electrons. The van der Waals surface area contributed by atoms with Crippen molar-refractivity contribution in [2.45, 2.75) is 88.2 Å². The molecule has 0 atom stereocenters. The normalized spacial score (nSPS) is 9.41. The molecule has 3 N–H and O–H groups in total. The third-order valence-electron chi connectivity index (χ3n) is 4.60. The van der Waals surface area contributed by atoms with E-state index in [1.165, 1.54) is 18.7 Å². The molecule has 1 heterocycles. The molecule has 0 amide bonds. The number of aromatic nitrogens is 1. The van der Waals surface area contributed by atoms with Gasteiger partial charge in [0.05, 0.1) is 18.0 Å². The van der Waals surface area contributed by atoms with Gasteiger partial charge < -0.3 is 20.7 Å². The first-order chi connectivity index (χ1) is 19.5. The summed E-state index contributed by atoms with van der Waals surface area (Å²) < 4.78 is 28.3. The summed E-state index contributed by atoms with van der Waals surface area (Å²) in [5, 5.41) is 24.4. The van der Waals surface area contributed by atoms with E-state index in [9.17, 15) is 8.78 Å². The number of ether oxygens (including phenoxy) is 1. The summed E-state index contributed by atoms with van der Waals surface area (Å²) in [6.45, 7) is 18.3. The van der Waals surface area contributed by atoms with Gasteiger partial charge in [-0.15, -0.1) is 0 Å². The van der Waals surface area contributed by atoms with E-state index in [1.807, 2.05) is 66.7 Å². The molecule has 0 aliphatic rings. The average Bonchev–Trinajstić information content (AvgIpc) is 2.93. The molecule has 0 bridgehead atoms. The van der Waals surface area contributed by atoms with Gasteiger partial charge in [0.15, 0.2) is 0 Å². The minimum atomic E-state index is -2.79. The molecule has 41 heavy (non-hydrogen) atoms. The Morgan fingerprint density at radius 2 is 1.76 bits per heavy atom. The highest BCUT2D eigenvalue weighted by Crippen LogP contribution is 2.25. The molecule has 0 saturated heterocycles. The van der Waals surface area contributed by atoms with Gasteiger partial charge in [-0.25, -0.2) is 0 Å². The monoisotopic (exact) mass is 593 g/mol. The number of aliphatic hydroxyl groups excluding tert-OH is 1. The molecule has 0 aliphatic carbocycles. The first kappa shape index (κ1) is 42.3. The highest BCUT2D eigenvalue weighted by molar-refractivity contribution is 6.30. The zero-order chi connectivity index (χ0) is 32.4. The minimum absolute atomic E-state index is 0.114. The van der Waals surface area contributed by atoms with Crippen LogP contribution in [-0.2, 0) is 6.42 Å². The molecule has 0 saturated carbocycles. The second-order valence-electron chi connectivity index (χ2n) is 8.43. The van der Waals surface area contributed by atoms with Gasteiger partial charge in [-0.1, -0.05) is 89.4 Å². The lowest BCUT2D eigenvalue weighted by molar-refractivity contribution is -0.0504. The lowest BCUT2D eigenvalue weighted by atomic mass is 10.0. The Balaban J connectivity index is -0.000000538. The summed E-state index contributed by atoms with van der Waals surface area (Å²) in [6, 6.07) is 6.56. The first-order valence-electron chi connectivity index (χ1n) is 13.8. The van der Waals surface area contributed by atoms with Crippen LogP contribution in [0.5, 0.6) is 5.75 Å². The maximum atomic E-state index is 12.0. The van der Waals surface area contributed by atoms with E-state index in [0.29, 0.717) is 17.1 Å². The van der Waals surface area contributed by atoms with Crippen LogP contribution < -0.4 is 4.74 Å². The number of halogens is 3. The van der Waals surface area contributed by atoms with Crippen LogP contribution >= 0.6 is 11.6 Å². The fraction of sp³-hybridized carbons (Fsp3) is 0.424. The quantitative estimate of drug-likeness (QED) is 0.199. The molecular weight excluding hydrogens is 544 g/mol. The molecule has 1 aromatic heterocycles. The zero-order valence-corrected chi connectivity index (χ0v) is 27.0. The SMILES string of the molecule is C=C/C=C\C.CC.CC(C)=C(C=N)c1cnc(C(=N)CO)c(C)c1.CCC.CCCc1cc(Cl)ccc1OC(F)F. The number of rotatable bonds is 9. The topological polar surface area (TPSA) is 90.1 Å². The van der Waals surface area contributed by atoms with Crippen LogP contribution in [-0.4, -0.2) is 35.2 Å². The molecule has 5 nitrogen and oxygen atoms in total. The number of hydrogen-bond acceptors (Lipinski definition) is 5. The van der Waals surface area contributed by atoms with Crippen LogP contribution in [0.3, 0.4) is 0 Å². The van der Waals surface area contributed by atoms with E-state index in [4.69, 9.17) is 27.5 Å². The van der Waals surface area contributed by atoms with Gasteiger partial charge in [0.2, 0.25) is 0 Å². The third kappa shape index (κ3) is 19.5. The van der Waals surface area contributed by atoms with E-state index >= 15 is 0 Å². The van der Waals surface area contributed by atoms with E-state index < -0.39 is 6.61 Å². The highest BCUT2D eigenvalue weighted by Gasteiger charge is 2.10. The maximum Gasteiger partial charge on any atom is 0.387 e. The summed E-state index contributed by atoms with van der Waals surface area (Å²) in [6.07, 6.45) is 11.3. The Bertz CT molecular complexity index is 1080. The van der Waals surface area contributed by atoms with Gasteiger partial charge >= 0.3 is 6.61 Å². The zero-order valence-electron chi connectivity index (χ0n) is 26.2. The summed E-state index contributed by atoms with van der Waals surface area (Å²) in [5.74, 6) is 0.214. The first-order valence-corrected chi connectivity index (χ1v) is 14.2. The number of nitrogens with one attached hydrogen (secondary N) is 2. The van der Waals surface area contributed by atoms with Crippen molar-refractivity contribution in [2.24, 2.45) is 0 Å². The van der Waals surface area contributed by atoms with Gasteiger partial charge in [0.25, 0.3) is 0 Å². The Morgan fingerprint density at radius 3 is 2.12 bits per heavy atom. The van der Waals surface area contributed by atoms with Crippen LogP contribution in [0.4, 0.5) is 8.78 Å². The number of nitrogens with zero attached hydrogens (tertiary/aromatic N) is 1. The molecule has 0 spiro atoms. The maximum absolute atomic E-state index is 12.0. The van der Waals surface area contributed by atoms with Gasteiger partial charge in [-0.3, -0.25) is 4.98 Å². The Morgan fingerprint density at radius 1 is 1.17 bits per heavy atom. The molecule has 2 aromatic rings. The van der Waals surface area contributed by atoms with Crippen molar-refractivity contribution in [3.63, 3.8) is 0 Å². The molecule has 0 aliphatic heterocycles. The highest BCUT2D eigenvalue weighted by atomic mass is 35.5. The molecule has 8 heteroatoms. The molecular formula is C33H50ClF2N3O2. The lowest BCUT2D eigenvalue weighted by Crippen LogP contribution is -2.09. The molecule has 2 rings (SSSR count). The van der Waals surface area contributed by atoms with Crippen molar-refractivity contribution in [1.82, 2.24) is 4.98 Å². The number of alkyl halides is 2. The third-order valence-corrected chi connectivity index (χ3v) is 4.84. The summed E-state index contributed by atoms with van der Waals surface area (Å²) >= 11 is 5.75. The van der Waals surface area contributed by atoms with E-state index in [0.717, 1.165) is 34.3 Å². The van der Waals surface area contributed by atoms with Crippen molar-refractivity contribution >= 4 is 29.1 Å². The van der Waals surface area contributed by atoms with Gasteiger partial charge in [-0.05, 0) is 75.1 Å². The van der Waals surface area contributed by atoms with Crippen LogP contribution in [0.1, 0.15) is 90.6 Å². The largest absolute Gasteiger partial charge is 0.435 e. The van der Waals surface area contributed by atoms with E-state index in [1.54, 1.807) is 24.4 Å². The number of pyridine rings is 1. The van der Waals surface area contributed by atoms with Crippen LogP contribution in [0, 0.1) is 17.7 Å². The van der Waals surface area contributed by atoms with Crippen LogP contribution in [0.2, 0.25) is 5.02 Å². The molecule has 0 unspecified atom stereocenters. The molecule has 230 valence electrons. The fourth-order valence-electron chi connectivity index (χ4n) is 2.99. The van der Waals surface area contributed by atoms with Crippen molar-refractivity contribution in [3.8, 4) is 5.75 Å². The van der Waals surface area contributed by atoms with Crippen LogP contribution in [0.15, 0.2) is 60.8 Å². The van der Waals surface area contributed by atoms with Gasteiger partial charge in [0.1, 0.15) is 5.75 Å². The molecule has 1 aromatic carbocycles. The summed E-state index contributed by atoms with van der Waals surface area (Å²) in [4.78, 5) is 4.18. The Labute approximate surface area is 252 Å². The Kier molecular flexibility index (Phi) is 27.9. The number of aliphatic hydroxyl groups is 1. The van der Waals surface area contributed by atoms with Crippen molar-refractivity contribution < 1.29 is 18.6 Å². The predicted octanol–water partition coefficient (Wildman–Crippen LogP) is 10.3. The second kappa shape index (κ2) is 27.0. The van der Waals surface area contributed by atoms with Crippen LogP contribution in [0.25, 0.3) is 5.57 Å². The van der Waals surface area contributed by atoms with Crippen molar-refractivity contribution in [2.75, 3.05) is 6.61 Å². The minimum Gasteiger partial charge on any atom is -0.435 e. The summed E-state index contributed by atoms with van der Waals surface area (Å²) in [5.41, 5.74) is 4.93. The predicted molar refractivity (Wildman–Crippen MR) is 174 cm³/mol. The van der Waals surface area contributed by atoms with Gasteiger partial charge in [0, 0.05) is 23.0 Å². The number of hydrogen-bond donors (Lipinski definition) is 3. The van der Waals surface area contributed by atoms with Gasteiger partial charge in [-0.2, -0.15) is 8.78 Å². The van der Waals surface area contributed by atoms with E-state index in [2.05, 4.69) is 30.1 Å². The second-order valence-corrected chi connectivity index (χ2v) is 8.87. The summed E-state index contributed by atoms with van der Waals surface area (Å²) in [7, 11) is 0. The average molecular weight is 594 g/mol. The number of allylic oxidation sites excluding steroid dienone is 5. The van der Waals surface area contributed by atoms with E-state index in [-0.39, 0.29) is 18.1 Å². The Hall–Kier alpha value is -3.16.